The number of amides is 1. The molecule has 0 aliphatic rings. The van der Waals surface area contributed by atoms with Crippen molar-refractivity contribution in [2.24, 2.45) is 0 Å². The average molecular weight is 425 g/mol. The molecule has 2 aromatic carbocycles. The molecule has 0 atom stereocenters. The summed E-state index contributed by atoms with van der Waals surface area (Å²) in [5.74, 6) is -0.847. The minimum absolute atomic E-state index is 0.0535. The largest absolute Gasteiger partial charge is 0.298 e. The van der Waals surface area contributed by atoms with Crippen molar-refractivity contribution < 1.29 is 17.6 Å². The fourth-order valence-corrected chi connectivity index (χ4v) is 4.56. The number of carbonyl (C=O) groups excluding carboxylic acids is 1. The van der Waals surface area contributed by atoms with Crippen LogP contribution in [0, 0.1) is 12.7 Å². The summed E-state index contributed by atoms with van der Waals surface area (Å²) in [5.41, 5.74) is 1.52. The van der Waals surface area contributed by atoms with Crippen LogP contribution >= 0.6 is 22.9 Å². The molecule has 0 aliphatic carbocycles. The number of aromatic nitrogens is 1. The molecule has 1 aromatic heterocycles. The fraction of sp³-hybridized carbons (Fsp3) is 0.111. The van der Waals surface area contributed by atoms with E-state index in [1.807, 2.05) is 6.92 Å². The second-order valence-electron chi connectivity index (χ2n) is 5.80. The number of rotatable bonds is 4. The molecule has 0 bridgehead atoms. The molecule has 3 rings (SSSR count). The summed E-state index contributed by atoms with van der Waals surface area (Å²) < 4.78 is 36.6. The van der Waals surface area contributed by atoms with Crippen molar-refractivity contribution in [2.45, 2.75) is 11.8 Å². The van der Waals surface area contributed by atoms with E-state index in [1.165, 1.54) is 41.7 Å². The van der Waals surface area contributed by atoms with Crippen LogP contribution in [0.15, 0.2) is 47.4 Å². The zero-order valence-electron chi connectivity index (χ0n) is 14.3. The quantitative estimate of drug-likeness (QED) is 0.665. The molecule has 1 heterocycles. The van der Waals surface area contributed by atoms with Gasteiger partial charge in [0.2, 0.25) is 0 Å². The van der Waals surface area contributed by atoms with E-state index in [9.17, 15) is 17.6 Å². The van der Waals surface area contributed by atoms with Crippen molar-refractivity contribution in [3.05, 3.63) is 63.7 Å². The molecule has 0 spiro atoms. The smallest absolute Gasteiger partial charge is 0.257 e. The van der Waals surface area contributed by atoms with Crippen LogP contribution in [0.5, 0.6) is 0 Å². The number of halogens is 2. The van der Waals surface area contributed by atoms with E-state index in [0.29, 0.717) is 10.8 Å². The Morgan fingerprint density at radius 3 is 2.48 bits per heavy atom. The molecule has 0 saturated heterocycles. The number of thiazole rings is 1. The third kappa shape index (κ3) is 4.35. The summed E-state index contributed by atoms with van der Waals surface area (Å²) >= 11 is 7.17. The van der Waals surface area contributed by atoms with E-state index in [1.54, 1.807) is 12.1 Å². The Balaban J connectivity index is 1.87. The van der Waals surface area contributed by atoms with Gasteiger partial charge < -0.3 is 0 Å². The Labute approximate surface area is 164 Å². The van der Waals surface area contributed by atoms with Crippen LogP contribution in [-0.2, 0) is 9.84 Å². The molecular weight excluding hydrogens is 411 g/mol. The van der Waals surface area contributed by atoms with E-state index in [-0.39, 0.29) is 21.3 Å². The van der Waals surface area contributed by atoms with E-state index in [0.717, 1.165) is 16.7 Å². The van der Waals surface area contributed by atoms with Gasteiger partial charge in [-0.15, -0.1) is 11.3 Å². The monoisotopic (exact) mass is 424 g/mol. The van der Waals surface area contributed by atoms with Crippen molar-refractivity contribution in [1.29, 1.82) is 0 Å². The second-order valence-corrected chi connectivity index (χ2v) is 9.40. The maximum Gasteiger partial charge on any atom is 0.257 e. The van der Waals surface area contributed by atoms with Gasteiger partial charge in [-0.3, -0.25) is 10.1 Å². The normalized spacial score (nSPS) is 11.4. The highest BCUT2D eigenvalue weighted by atomic mass is 35.5. The molecule has 1 N–H and O–H groups in total. The van der Waals surface area contributed by atoms with Crippen molar-refractivity contribution in [3.8, 4) is 11.3 Å². The first-order valence-electron chi connectivity index (χ1n) is 7.69. The Hall–Kier alpha value is -2.29. The molecule has 0 fully saturated rings. The number of aryl methyl sites for hydroxylation is 1. The highest BCUT2D eigenvalue weighted by Crippen LogP contribution is 2.31. The van der Waals surface area contributed by atoms with E-state index < -0.39 is 15.7 Å². The number of anilines is 1. The number of nitrogens with one attached hydrogen (secondary N) is 1. The van der Waals surface area contributed by atoms with Gasteiger partial charge in [-0.25, -0.2) is 17.8 Å². The first-order chi connectivity index (χ1) is 12.6. The molecule has 1 amide bonds. The summed E-state index contributed by atoms with van der Waals surface area (Å²) in [7, 11) is -3.56. The third-order valence-corrected chi connectivity index (χ3v) is 6.19. The van der Waals surface area contributed by atoms with E-state index in [2.05, 4.69) is 10.3 Å². The Kier molecular flexibility index (Phi) is 5.32. The van der Waals surface area contributed by atoms with Crippen LogP contribution in [0.4, 0.5) is 9.52 Å². The SMILES string of the molecule is Cc1sc(NC(=O)c2ccc(Cl)c(S(C)(=O)=O)c2)nc1-c1ccc(F)cc1. The Morgan fingerprint density at radius 1 is 1.19 bits per heavy atom. The Bertz CT molecular complexity index is 1130. The van der Waals surface area contributed by atoms with Gasteiger partial charge in [0.15, 0.2) is 15.0 Å². The van der Waals surface area contributed by atoms with Gasteiger partial charge in [-0.05, 0) is 49.4 Å². The highest BCUT2D eigenvalue weighted by molar-refractivity contribution is 7.90. The van der Waals surface area contributed by atoms with Crippen LogP contribution < -0.4 is 5.32 Å². The minimum Gasteiger partial charge on any atom is -0.298 e. The van der Waals surface area contributed by atoms with Crippen LogP contribution in [0.2, 0.25) is 5.02 Å². The first-order valence-corrected chi connectivity index (χ1v) is 10.8. The predicted octanol–water partition coefficient (Wildman–Crippen LogP) is 4.57. The van der Waals surface area contributed by atoms with Crippen LogP contribution in [-0.4, -0.2) is 25.6 Å². The summed E-state index contributed by atoms with van der Waals surface area (Å²) in [5, 5.41) is 3.06. The number of hydrogen-bond acceptors (Lipinski definition) is 5. The lowest BCUT2D eigenvalue weighted by molar-refractivity contribution is 0.102. The van der Waals surface area contributed by atoms with Gasteiger partial charge in [0.1, 0.15) is 5.82 Å². The number of hydrogen-bond donors (Lipinski definition) is 1. The number of sulfone groups is 1. The number of benzene rings is 2. The summed E-state index contributed by atoms with van der Waals surface area (Å²) in [6, 6.07) is 9.94. The first kappa shape index (κ1) is 19.5. The molecule has 9 heteroatoms. The maximum absolute atomic E-state index is 13.1. The van der Waals surface area contributed by atoms with Gasteiger partial charge in [0.25, 0.3) is 5.91 Å². The molecular formula is C18H14ClFN2O3S2. The fourth-order valence-electron chi connectivity index (χ4n) is 2.42. The average Bonchev–Trinajstić information content (AvgIpc) is 2.95. The third-order valence-electron chi connectivity index (χ3n) is 3.73. The Morgan fingerprint density at radius 2 is 1.85 bits per heavy atom. The van der Waals surface area contributed by atoms with Crippen molar-refractivity contribution >= 4 is 43.8 Å². The van der Waals surface area contributed by atoms with Gasteiger partial charge in [0, 0.05) is 22.3 Å². The second kappa shape index (κ2) is 7.38. The molecule has 5 nitrogen and oxygen atoms in total. The standard InChI is InChI=1S/C18H14ClFN2O3S2/c1-10-16(11-3-6-13(20)7-4-11)21-18(26-10)22-17(23)12-5-8-14(19)15(9-12)27(2,24)25/h3-9H,1-2H3,(H,21,22,23). The maximum atomic E-state index is 13.1. The lowest BCUT2D eigenvalue weighted by Crippen LogP contribution is -2.12. The van der Waals surface area contributed by atoms with E-state index in [4.69, 9.17) is 11.6 Å². The molecule has 0 unspecified atom stereocenters. The lowest BCUT2D eigenvalue weighted by atomic mass is 10.1. The molecule has 27 heavy (non-hydrogen) atoms. The van der Waals surface area contributed by atoms with Crippen molar-refractivity contribution in [2.75, 3.05) is 11.6 Å². The molecule has 0 radical (unpaired) electrons. The van der Waals surface area contributed by atoms with Gasteiger partial charge in [-0.2, -0.15) is 0 Å². The number of nitrogens with zero attached hydrogens (tertiary/aromatic N) is 1. The van der Waals surface area contributed by atoms with Crippen LogP contribution in [0.3, 0.4) is 0 Å². The molecule has 3 aromatic rings. The van der Waals surface area contributed by atoms with Crippen LogP contribution in [0.1, 0.15) is 15.2 Å². The predicted molar refractivity (Wildman–Crippen MR) is 105 cm³/mol. The lowest BCUT2D eigenvalue weighted by Gasteiger charge is -2.06. The van der Waals surface area contributed by atoms with Crippen LogP contribution in [0.25, 0.3) is 11.3 Å². The zero-order valence-corrected chi connectivity index (χ0v) is 16.7. The van der Waals surface area contributed by atoms with Gasteiger partial charge in [-0.1, -0.05) is 11.6 Å². The van der Waals surface area contributed by atoms with E-state index >= 15 is 0 Å². The molecule has 140 valence electrons. The van der Waals surface area contributed by atoms with Crippen molar-refractivity contribution in [1.82, 2.24) is 4.98 Å². The molecule has 0 saturated carbocycles. The van der Waals surface area contributed by atoms with Gasteiger partial charge >= 0.3 is 0 Å². The topological polar surface area (TPSA) is 76.1 Å². The minimum atomic E-state index is -3.56. The van der Waals surface area contributed by atoms with Crippen molar-refractivity contribution in [3.63, 3.8) is 0 Å². The molecule has 0 aliphatic heterocycles. The summed E-state index contributed by atoms with van der Waals surface area (Å²) in [6.45, 7) is 1.84. The summed E-state index contributed by atoms with van der Waals surface area (Å²) in [6.07, 6.45) is 1.02. The van der Waals surface area contributed by atoms with Gasteiger partial charge in [0.05, 0.1) is 15.6 Å². The number of carbonyl (C=O) groups is 1. The summed E-state index contributed by atoms with van der Waals surface area (Å²) in [4.78, 5) is 17.6. The highest BCUT2D eigenvalue weighted by Gasteiger charge is 2.17. The zero-order chi connectivity index (χ0) is 19.8.